The fourth-order valence-electron chi connectivity index (χ4n) is 3.84. The van der Waals surface area contributed by atoms with Crippen LogP contribution in [0.3, 0.4) is 0 Å². The van der Waals surface area contributed by atoms with Crippen LogP contribution in [-0.2, 0) is 26.2 Å². The van der Waals surface area contributed by atoms with Gasteiger partial charge in [0, 0.05) is 25.0 Å². The van der Waals surface area contributed by atoms with E-state index in [1.54, 1.807) is 38.3 Å². The molecule has 0 spiro atoms. The number of carbonyl (C=O) groups excluding carboxylic acids is 2. The molecule has 9 nitrogen and oxygen atoms in total. The van der Waals surface area contributed by atoms with Crippen molar-refractivity contribution in [1.82, 2.24) is 10.2 Å². The maximum atomic E-state index is 13.4. The van der Waals surface area contributed by atoms with Gasteiger partial charge in [-0.05, 0) is 63.9 Å². The van der Waals surface area contributed by atoms with Gasteiger partial charge in [0.25, 0.3) is 0 Å². The van der Waals surface area contributed by atoms with Crippen molar-refractivity contribution < 1.29 is 27.5 Å². The van der Waals surface area contributed by atoms with Crippen LogP contribution in [0.4, 0.5) is 5.69 Å². The number of nitrogens with zero attached hydrogens (tertiary/aromatic N) is 2. The molecule has 0 heterocycles. The van der Waals surface area contributed by atoms with Crippen LogP contribution >= 0.6 is 0 Å². The number of sulfonamides is 1. The van der Waals surface area contributed by atoms with Crippen molar-refractivity contribution in [3.8, 4) is 11.5 Å². The summed E-state index contributed by atoms with van der Waals surface area (Å²) in [5.74, 6) is 0.548. The van der Waals surface area contributed by atoms with Crippen molar-refractivity contribution in [2.24, 2.45) is 0 Å². The van der Waals surface area contributed by atoms with Crippen molar-refractivity contribution >= 4 is 27.5 Å². The van der Waals surface area contributed by atoms with Gasteiger partial charge in [0.2, 0.25) is 21.8 Å². The van der Waals surface area contributed by atoms with Gasteiger partial charge >= 0.3 is 0 Å². The predicted octanol–water partition coefficient (Wildman–Crippen LogP) is 3.58. The topological polar surface area (TPSA) is 105 Å². The van der Waals surface area contributed by atoms with Gasteiger partial charge in [-0.1, -0.05) is 24.3 Å². The molecule has 0 aliphatic carbocycles. The Bertz CT molecular complexity index is 1180. The molecule has 0 radical (unpaired) electrons. The molecule has 0 unspecified atom stereocenters. The summed E-state index contributed by atoms with van der Waals surface area (Å²) >= 11 is 0. The number of hydrogen-bond donors (Lipinski definition) is 1. The number of ether oxygens (including phenoxy) is 2. The molecule has 0 bridgehead atoms. The number of carbonyl (C=O) groups is 2. The molecule has 2 amide bonds. The summed E-state index contributed by atoms with van der Waals surface area (Å²) < 4.78 is 37.0. The monoisotopic (exact) mass is 533 g/mol. The molecule has 2 aromatic rings. The number of amides is 2. The van der Waals surface area contributed by atoms with E-state index in [0.717, 1.165) is 11.8 Å². The molecule has 0 aromatic heterocycles. The Morgan fingerprint density at radius 3 is 2.30 bits per heavy atom. The van der Waals surface area contributed by atoms with Gasteiger partial charge in [-0.2, -0.15) is 0 Å². The van der Waals surface area contributed by atoms with Crippen molar-refractivity contribution in [3.63, 3.8) is 0 Å². The molecule has 0 fully saturated rings. The van der Waals surface area contributed by atoms with Crippen molar-refractivity contribution in [2.75, 3.05) is 31.3 Å². The van der Waals surface area contributed by atoms with Crippen LogP contribution in [0.1, 0.15) is 46.1 Å². The lowest BCUT2D eigenvalue weighted by molar-refractivity contribution is -0.141. The van der Waals surface area contributed by atoms with Crippen LogP contribution in [-0.4, -0.2) is 63.7 Å². The van der Waals surface area contributed by atoms with Crippen LogP contribution in [0.5, 0.6) is 11.5 Å². The zero-order valence-electron chi connectivity index (χ0n) is 22.8. The van der Waals surface area contributed by atoms with E-state index < -0.39 is 21.6 Å². The Morgan fingerprint density at radius 2 is 1.70 bits per heavy atom. The number of rotatable bonds is 12. The van der Waals surface area contributed by atoms with Crippen LogP contribution in [0.25, 0.3) is 0 Å². The fourth-order valence-corrected chi connectivity index (χ4v) is 4.81. The maximum Gasteiger partial charge on any atom is 0.242 e. The first-order valence-corrected chi connectivity index (χ1v) is 14.0. The number of nitrogens with one attached hydrogen (secondary N) is 1. The summed E-state index contributed by atoms with van der Waals surface area (Å²) in [6.45, 7) is 7.62. The Labute approximate surface area is 220 Å². The normalized spacial score (nSPS) is 12.4. The lowest BCUT2D eigenvalue weighted by Crippen LogP contribution is -2.52. The van der Waals surface area contributed by atoms with Crippen molar-refractivity contribution in [2.45, 2.75) is 58.7 Å². The second-order valence-electron chi connectivity index (χ2n) is 9.90. The third-order valence-electron chi connectivity index (χ3n) is 5.66. The summed E-state index contributed by atoms with van der Waals surface area (Å²) in [6.07, 6.45) is 1.43. The van der Waals surface area contributed by atoms with Gasteiger partial charge in [-0.25, -0.2) is 8.42 Å². The molecule has 0 aliphatic rings. The molecule has 0 saturated heterocycles. The minimum absolute atomic E-state index is 0.0538. The second-order valence-corrected chi connectivity index (χ2v) is 11.8. The van der Waals surface area contributed by atoms with E-state index in [1.807, 2.05) is 45.0 Å². The Morgan fingerprint density at radius 1 is 1.03 bits per heavy atom. The van der Waals surface area contributed by atoms with Gasteiger partial charge in [0.15, 0.2) is 0 Å². The van der Waals surface area contributed by atoms with Crippen LogP contribution < -0.4 is 19.1 Å². The summed E-state index contributed by atoms with van der Waals surface area (Å²) in [7, 11) is -0.583. The average molecular weight is 534 g/mol. The van der Waals surface area contributed by atoms with Crippen LogP contribution in [0.15, 0.2) is 48.5 Å². The highest BCUT2D eigenvalue weighted by atomic mass is 32.2. The van der Waals surface area contributed by atoms with Gasteiger partial charge in [-0.3, -0.25) is 13.9 Å². The van der Waals surface area contributed by atoms with E-state index in [2.05, 4.69) is 5.32 Å². The van der Waals surface area contributed by atoms with E-state index in [9.17, 15) is 18.0 Å². The number of para-hydroxylation sites is 2. The predicted molar refractivity (Wildman–Crippen MR) is 145 cm³/mol. The molecule has 10 heteroatoms. The van der Waals surface area contributed by atoms with E-state index in [1.165, 1.54) is 16.3 Å². The highest BCUT2D eigenvalue weighted by Crippen LogP contribution is 2.30. The lowest BCUT2D eigenvalue weighted by atomic mass is 10.1. The van der Waals surface area contributed by atoms with Gasteiger partial charge in [0.1, 0.15) is 17.5 Å². The third kappa shape index (κ3) is 8.96. The minimum Gasteiger partial charge on any atom is -0.497 e. The SMILES string of the molecule is COc1cccc(CN(C(=O)CCCN(c2ccccc2OC)S(C)(=O)=O)[C@@H](C)C(=O)NC(C)(C)C)c1. The average Bonchev–Trinajstić information content (AvgIpc) is 2.83. The molecule has 2 aromatic carbocycles. The van der Waals surface area contributed by atoms with Gasteiger partial charge < -0.3 is 19.7 Å². The van der Waals surface area contributed by atoms with Crippen LogP contribution in [0, 0.1) is 0 Å². The number of methoxy groups -OCH3 is 2. The zero-order valence-corrected chi connectivity index (χ0v) is 23.6. The van der Waals surface area contributed by atoms with Crippen LogP contribution in [0.2, 0.25) is 0 Å². The Kier molecular flexibility index (Phi) is 10.4. The zero-order chi connectivity index (χ0) is 27.8. The molecule has 0 saturated carbocycles. The molecule has 2 rings (SSSR count). The minimum atomic E-state index is -3.62. The second kappa shape index (κ2) is 12.8. The van der Waals surface area contributed by atoms with E-state index >= 15 is 0 Å². The summed E-state index contributed by atoms with van der Waals surface area (Å²) in [5.41, 5.74) is 0.766. The number of anilines is 1. The van der Waals surface area contributed by atoms with Crippen molar-refractivity contribution in [3.05, 3.63) is 54.1 Å². The standard InChI is InChI=1S/C27H39N3O6S/c1-20(26(32)28-27(2,3)4)29(19-21-12-10-13-22(18-21)35-5)25(31)16-11-17-30(37(7,33)34)23-14-8-9-15-24(23)36-6/h8-10,12-15,18,20H,11,16-17,19H2,1-7H3,(H,28,32)/t20-/m0/s1. The highest BCUT2D eigenvalue weighted by molar-refractivity contribution is 7.92. The first-order valence-electron chi connectivity index (χ1n) is 12.1. The molecular weight excluding hydrogens is 494 g/mol. The Balaban J connectivity index is 2.24. The Hall–Kier alpha value is -3.27. The smallest absolute Gasteiger partial charge is 0.242 e. The third-order valence-corrected chi connectivity index (χ3v) is 6.84. The first-order chi connectivity index (χ1) is 17.3. The molecular formula is C27H39N3O6S. The maximum absolute atomic E-state index is 13.4. The molecule has 1 N–H and O–H groups in total. The first kappa shape index (κ1) is 30.0. The fraction of sp³-hybridized carbons (Fsp3) is 0.481. The van der Waals surface area contributed by atoms with Crippen molar-refractivity contribution in [1.29, 1.82) is 0 Å². The lowest BCUT2D eigenvalue weighted by Gasteiger charge is -2.32. The summed E-state index contributed by atoms with van der Waals surface area (Å²) in [4.78, 5) is 27.9. The number of benzene rings is 2. The highest BCUT2D eigenvalue weighted by Gasteiger charge is 2.29. The molecule has 204 valence electrons. The van der Waals surface area contributed by atoms with E-state index in [0.29, 0.717) is 17.2 Å². The quantitative estimate of drug-likeness (QED) is 0.447. The molecule has 1 atom stereocenters. The number of hydrogen-bond acceptors (Lipinski definition) is 6. The van der Waals surface area contributed by atoms with E-state index in [4.69, 9.17) is 9.47 Å². The summed E-state index contributed by atoms with van der Waals surface area (Å²) in [5, 5.41) is 2.93. The molecule has 0 aliphatic heterocycles. The largest absolute Gasteiger partial charge is 0.497 e. The van der Waals surface area contributed by atoms with Gasteiger partial charge in [-0.15, -0.1) is 0 Å². The summed E-state index contributed by atoms with van der Waals surface area (Å²) in [6, 6.07) is 13.4. The molecule has 37 heavy (non-hydrogen) atoms. The van der Waals surface area contributed by atoms with Gasteiger partial charge in [0.05, 0.1) is 26.2 Å². The van der Waals surface area contributed by atoms with E-state index in [-0.39, 0.29) is 37.7 Å².